The summed E-state index contributed by atoms with van der Waals surface area (Å²) in [5.74, 6) is 0.516. The predicted molar refractivity (Wildman–Crippen MR) is 103 cm³/mol. The smallest absolute Gasteiger partial charge is 0.112 e. The van der Waals surface area contributed by atoms with Crippen molar-refractivity contribution in [2.45, 2.75) is 32.1 Å². The number of aromatic nitrogens is 3. The zero-order valence-corrected chi connectivity index (χ0v) is 16.0. The molecule has 6 heteroatoms. The lowest BCUT2D eigenvalue weighted by atomic mass is 9.98. The Kier molecular flexibility index (Phi) is 4.50. The van der Waals surface area contributed by atoms with E-state index in [1.54, 1.807) is 0 Å². The van der Waals surface area contributed by atoms with Crippen LogP contribution < -0.4 is 4.90 Å². The van der Waals surface area contributed by atoms with Gasteiger partial charge in [0.2, 0.25) is 0 Å². The molecule has 4 nitrogen and oxygen atoms in total. The lowest BCUT2D eigenvalue weighted by Crippen LogP contribution is -2.34. The van der Waals surface area contributed by atoms with Gasteiger partial charge >= 0.3 is 0 Å². The van der Waals surface area contributed by atoms with Crippen LogP contribution in [0, 0.1) is 0 Å². The van der Waals surface area contributed by atoms with Gasteiger partial charge in [-0.2, -0.15) is 0 Å². The molecule has 1 atom stereocenters. The Bertz CT molecular complexity index is 863. The predicted octanol–water partition coefficient (Wildman–Crippen LogP) is 4.80. The lowest BCUT2D eigenvalue weighted by molar-refractivity contribution is 0.508. The van der Waals surface area contributed by atoms with Gasteiger partial charge in [-0.3, -0.25) is 9.97 Å². The van der Waals surface area contributed by atoms with Gasteiger partial charge in [0.15, 0.2) is 0 Å². The number of anilines is 1. The summed E-state index contributed by atoms with van der Waals surface area (Å²) in [6.45, 7) is 4.24. The lowest BCUT2D eigenvalue weighted by Gasteiger charge is -2.33. The Balaban J connectivity index is 1.64. The Morgan fingerprint density at radius 2 is 2.29 bits per heavy atom. The van der Waals surface area contributed by atoms with E-state index in [1.165, 1.54) is 29.2 Å². The van der Waals surface area contributed by atoms with Gasteiger partial charge in [-0.15, -0.1) is 11.3 Å². The number of hydrogen-bond acceptors (Lipinski definition) is 5. The Morgan fingerprint density at radius 3 is 3.12 bits per heavy atom. The average Bonchev–Trinajstić information content (AvgIpc) is 3.10. The van der Waals surface area contributed by atoms with Gasteiger partial charge in [0.05, 0.1) is 21.9 Å². The first-order valence-electron chi connectivity index (χ1n) is 8.34. The minimum absolute atomic E-state index is 0.516. The van der Waals surface area contributed by atoms with Crippen LogP contribution in [0.4, 0.5) is 5.69 Å². The first-order valence-corrected chi connectivity index (χ1v) is 10.0. The molecule has 4 rings (SSSR count). The highest BCUT2D eigenvalue weighted by molar-refractivity contribution is 9.10. The van der Waals surface area contributed by atoms with Crippen LogP contribution in [-0.4, -0.2) is 28.0 Å². The second-order valence-corrected chi connectivity index (χ2v) is 7.97. The van der Waals surface area contributed by atoms with Gasteiger partial charge in [0, 0.05) is 41.3 Å². The van der Waals surface area contributed by atoms with Gasteiger partial charge in [0.1, 0.15) is 5.52 Å². The van der Waals surface area contributed by atoms with Crippen molar-refractivity contribution >= 4 is 44.0 Å². The van der Waals surface area contributed by atoms with E-state index in [1.807, 2.05) is 29.8 Å². The fourth-order valence-electron chi connectivity index (χ4n) is 3.32. The van der Waals surface area contributed by atoms with Crippen molar-refractivity contribution < 1.29 is 0 Å². The summed E-state index contributed by atoms with van der Waals surface area (Å²) < 4.78 is 0.964. The van der Waals surface area contributed by atoms with E-state index in [-0.39, 0.29) is 0 Å². The number of rotatable bonds is 3. The second-order valence-electron chi connectivity index (χ2n) is 6.17. The molecule has 0 radical (unpaired) electrons. The van der Waals surface area contributed by atoms with Gasteiger partial charge in [-0.25, -0.2) is 4.98 Å². The van der Waals surface area contributed by atoms with Crippen LogP contribution >= 0.6 is 27.3 Å². The molecule has 1 saturated heterocycles. The van der Waals surface area contributed by atoms with E-state index in [0.717, 1.165) is 35.0 Å². The molecule has 0 bridgehead atoms. The van der Waals surface area contributed by atoms with Crippen LogP contribution in [0.5, 0.6) is 0 Å². The topological polar surface area (TPSA) is 41.9 Å². The largest absolute Gasteiger partial charge is 0.369 e. The van der Waals surface area contributed by atoms with E-state index in [9.17, 15) is 0 Å². The summed E-state index contributed by atoms with van der Waals surface area (Å²) in [6, 6.07) is 4.12. The fourth-order valence-corrected chi connectivity index (χ4v) is 4.67. The third-order valence-corrected chi connectivity index (χ3v) is 6.06. The molecule has 3 aromatic rings. The second kappa shape index (κ2) is 6.76. The number of pyridine rings is 2. The summed E-state index contributed by atoms with van der Waals surface area (Å²) in [5, 5.41) is 3.49. The zero-order valence-electron chi connectivity index (χ0n) is 13.6. The van der Waals surface area contributed by atoms with E-state index < -0.39 is 0 Å². The molecule has 124 valence electrons. The highest BCUT2D eigenvalue weighted by Crippen LogP contribution is 2.34. The zero-order chi connectivity index (χ0) is 16.5. The number of thiazole rings is 1. The van der Waals surface area contributed by atoms with Crippen LogP contribution in [0.15, 0.2) is 34.4 Å². The molecule has 1 aliphatic rings. The van der Waals surface area contributed by atoms with Gasteiger partial charge in [-0.1, -0.05) is 6.92 Å². The molecular formula is C18H19BrN4S. The Morgan fingerprint density at radius 1 is 1.38 bits per heavy atom. The first-order chi connectivity index (χ1) is 11.7. The van der Waals surface area contributed by atoms with Crippen molar-refractivity contribution in [3.05, 3.63) is 45.1 Å². The van der Waals surface area contributed by atoms with Crippen molar-refractivity contribution in [2.24, 2.45) is 0 Å². The average molecular weight is 403 g/mol. The molecular weight excluding hydrogens is 384 g/mol. The molecule has 0 aromatic carbocycles. The molecule has 0 N–H and O–H groups in total. The summed E-state index contributed by atoms with van der Waals surface area (Å²) in [6.07, 6.45) is 7.15. The SMILES string of the molecule is CCc1csc(C2CCCN(c3ccnc4cc(Br)cnc34)C2)n1. The third kappa shape index (κ3) is 3.05. The summed E-state index contributed by atoms with van der Waals surface area (Å²) in [4.78, 5) is 16.3. The number of hydrogen-bond donors (Lipinski definition) is 0. The summed E-state index contributed by atoms with van der Waals surface area (Å²) >= 11 is 5.29. The molecule has 0 spiro atoms. The number of nitrogens with zero attached hydrogens (tertiary/aromatic N) is 4. The summed E-state index contributed by atoms with van der Waals surface area (Å²) in [5.41, 5.74) is 4.32. The van der Waals surface area contributed by atoms with Gasteiger partial charge < -0.3 is 4.90 Å². The monoisotopic (exact) mass is 402 g/mol. The number of fused-ring (bicyclic) bond motifs is 1. The minimum Gasteiger partial charge on any atom is -0.369 e. The number of halogens is 1. The first kappa shape index (κ1) is 16.0. The maximum absolute atomic E-state index is 4.81. The van der Waals surface area contributed by atoms with E-state index in [4.69, 9.17) is 4.98 Å². The molecule has 0 aliphatic carbocycles. The summed E-state index contributed by atoms with van der Waals surface area (Å²) in [7, 11) is 0. The van der Waals surface area contributed by atoms with Crippen LogP contribution in [0.1, 0.15) is 36.4 Å². The minimum atomic E-state index is 0.516. The van der Waals surface area contributed by atoms with Crippen LogP contribution in [0.3, 0.4) is 0 Å². The molecule has 24 heavy (non-hydrogen) atoms. The van der Waals surface area contributed by atoms with Crippen molar-refractivity contribution in [1.29, 1.82) is 0 Å². The van der Waals surface area contributed by atoms with Crippen LogP contribution in [0.25, 0.3) is 11.0 Å². The highest BCUT2D eigenvalue weighted by atomic mass is 79.9. The molecule has 1 aliphatic heterocycles. The molecule has 0 amide bonds. The third-order valence-electron chi connectivity index (χ3n) is 4.57. The number of piperidine rings is 1. The molecule has 4 heterocycles. The highest BCUT2D eigenvalue weighted by Gasteiger charge is 2.25. The standard InChI is InChI=1S/C18H19BrN4S/c1-2-14-11-24-18(22-14)12-4-3-7-23(10-12)16-5-6-20-15-8-13(19)9-21-17(15)16/h5-6,8-9,11-12H,2-4,7,10H2,1H3. The molecule has 0 saturated carbocycles. The van der Waals surface area contributed by atoms with Crippen molar-refractivity contribution in [2.75, 3.05) is 18.0 Å². The van der Waals surface area contributed by atoms with Gasteiger partial charge in [0.25, 0.3) is 0 Å². The maximum Gasteiger partial charge on any atom is 0.112 e. The molecule has 1 fully saturated rings. The number of aryl methyl sites for hydroxylation is 1. The fraction of sp³-hybridized carbons (Fsp3) is 0.389. The quantitative estimate of drug-likeness (QED) is 0.630. The molecule has 3 aromatic heterocycles. The normalized spacial score (nSPS) is 18.2. The van der Waals surface area contributed by atoms with E-state index in [0.29, 0.717) is 5.92 Å². The van der Waals surface area contributed by atoms with E-state index in [2.05, 4.69) is 49.2 Å². The van der Waals surface area contributed by atoms with Crippen LogP contribution in [-0.2, 0) is 6.42 Å². The molecule has 1 unspecified atom stereocenters. The van der Waals surface area contributed by atoms with Crippen LogP contribution in [0.2, 0.25) is 0 Å². The van der Waals surface area contributed by atoms with Gasteiger partial charge in [-0.05, 0) is 47.3 Å². The van der Waals surface area contributed by atoms with Crippen molar-refractivity contribution in [3.8, 4) is 0 Å². The Labute approximate surface area is 154 Å². The van der Waals surface area contributed by atoms with Crippen molar-refractivity contribution in [3.63, 3.8) is 0 Å². The van der Waals surface area contributed by atoms with Crippen molar-refractivity contribution in [1.82, 2.24) is 15.0 Å². The van der Waals surface area contributed by atoms with E-state index >= 15 is 0 Å². The maximum atomic E-state index is 4.81. The Hall–Kier alpha value is -1.53.